The number of amides is 1. The van der Waals surface area contributed by atoms with Gasteiger partial charge < -0.3 is 9.64 Å². The average molecular weight is 420 g/mol. The molecule has 1 spiro atoms. The Morgan fingerprint density at radius 3 is 2.48 bits per heavy atom. The van der Waals surface area contributed by atoms with E-state index < -0.39 is 10.5 Å². The number of likely N-dealkylation sites (tertiary alicyclic amines) is 1. The Balaban J connectivity index is 1.40. The van der Waals surface area contributed by atoms with Crippen molar-refractivity contribution < 1.29 is 19.2 Å². The van der Waals surface area contributed by atoms with Crippen molar-refractivity contribution in [1.29, 1.82) is 0 Å². The lowest BCUT2D eigenvalue weighted by atomic mass is 9.81. The first-order chi connectivity index (χ1) is 14.8. The van der Waals surface area contributed by atoms with Crippen LogP contribution in [0, 0.1) is 24.0 Å². The topological polar surface area (TPSA) is 89.8 Å². The van der Waals surface area contributed by atoms with E-state index in [1.807, 2.05) is 26.0 Å². The summed E-state index contributed by atoms with van der Waals surface area (Å²) in [4.78, 5) is 37.4. The summed E-state index contributed by atoms with van der Waals surface area (Å²) in [6, 6.07) is 9.94. The van der Waals surface area contributed by atoms with Crippen LogP contribution in [0.2, 0.25) is 0 Å². The summed E-state index contributed by atoms with van der Waals surface area (Å²) in [5.41, 5.74) is 2.85. The van der Waals surface area contributed by atoms with Gasteiger partial charge in [0.15, 0.2) is 5.78 Å². The van der Waals surface area contributed by atoms with Crippen LogP contribution >= 0.6 is 0 Å². The van der Waals surface area contributed by atoms with E-state index in [1.54, 1.807) is 23.1 Å². The molecule has 2 aliphatic rings. The number of non-ortho nitro benzene ring substituents is 1. The van der Waals surface area contributed by atoms with Crippen LogP contribution in [0.4, 0.5) is 5.69 Å². The molecule has 31 heavy (non-hydrogen) atoms. The SMILES string of the molecule is Cc1cc(C)c2c(c1)C(=O)CC1(CCN(C(=O)/C=C/c3ccc([N+](=O)[O-])cc3)CC1)O2. The number of ether oxygens (including phenoxy) is 1. The largest absolute Gasteiger partial charge is 0.486 e. The van der Waals surface area contributed by atoms with Crippen LogP contribution in [0.5, 0.6) is 5.75 Å². The van der Waals surface area contributed by atoms with E-state index >= 15 is 0 Å². The van der Waals surface area contributed by atoms with Crippen molar-refractivity contribution in [2.24, 2.45) is 0 Å². The summed E-state index contributed by atoms with van der Waals surface area (Å²) in [5.74, 6) is 0.660. The molecule has 2 aromatic rings. The number of hydrogen-bond acceptors (Lipinski definition) is 5. The smallest absolute Gasteiger partial charge is 0.269 e. The van der Waals surface area contributed by atoms with Crippen molar-refractivity contribution in [3.63, 3.8) is 0 Å². The molecule has 7 nitrogen and oxygen atoms in total. The molecule has 0 N–H and O–H groups in total. The summed E-state index contributed by atoms with van der Waals surface area (Å²) >= 11 is 0. The van der Waals surface area contributed by atoms with Crippen LogP contribution in [0.15, 0.2) is 42.5 Å². The number of aryl methyl sites for hydroxylation is 2. The standard InChI is InChI=1S/C24H24N2O5/c1-16-13-17(2)23-20(14-16)21(27)15-24(31-23)9-11-25(12-10-24)22(28)8-5-18-3-6-19(7-4-18)26(29)30/h3-8,13-14H,9-12,15H2,1-2H3/b8-5+. The number of nitrogens with zero attached hydrogens (tertiary/aromatic N) is 2. The Kier molecular flexibility index (Phi) is 5.35. The summed E-state index contributed by atoms with van der Waals surface area (Å²) in [5, 5.41) is 10.7. The number of benzene rings is 2. The Hall–Kier alpha value is -3.48. The third-order valence-electron chi connectivity index (χ3n) is 6.03. The monoisotopic (exact) mass is 420 g/mol. The fraction of sp³-hybridized carbons (Fsp3) is 0.333. The first-order valence-corrected chi connectivity index (χ1v) is 10.3. The van der Waals surface area contributed by atoms with E-state index in [9.17, 15) is 19.7 Å². The molecule has 2 heterocycles. The summed E-state index contributed by atoms with van der Waals surface area (Å²) < 4.78 is 6.37. The van der Waals surface area contributed by atoms with Gasteiger partial charge in [-0.3, -0.25) is 19.7 Å². The third-order valence-corrected chi connectivity index (χ3v) is 6.03. The zero-order valence-corrected chi connectivity index (χ0v) is 17.6. The Morgan fingerprint density at radius 1 is 1.16 bits per heavy atom. The molecule has 2 aromatic carbocycles. The lowest BCUT2D eigenvalue weighted by Crippen LogP contribution is -2.52. The lowest BCUT2D eigenvalue weighted by Gasteiger charge is -2.44. The predicted molar refractivity (Wildman–Crippen MR) is 116 cm³/mol. The van der Waals surface area contributed by atoms with Gasteiger partial charge in [0, 0.05) is 44.1 Å². The number of nitro groups is 1. The fourth-order valence-electron chi connectivity index (χ4n) is 4.33. The van der Waals surface area contributed by atoms with E-state index in [0.29, 0.717) is 43.7 Å². The summed E-state index contributed by atoms with van der Waals surface area (Å²) in [7, 11) is 0. The normalized spacial score (nSPS) is 17.5. The van der Waals surface area contributed by atoms with Crippen molar-refractivity contribution in [1.82, 2.24) is 4.90 Å². The Labute approximate surface area is 180 Å². The molecule has 4 rings (SSSR count). The van der Waals surface area contributed by atoms with E-state index in [-0.39, 0.29) is 17.4 Å². The van der Waals surface area contributed by atoms with E-state index in [0.717, 1.165) is 16.7 Å². The predicted octanol–water partition coefficient (Wildman–Crippen LogP) is 4.25. The van der Waals surface area contributed by atoms with E-state index in [4.69, 9.17) is 4.74 Å². The molecular formula is C24H24N2O5. The lowest BCUT2D eigenvalue weighted by molar-refractivity contribution is -0.384. The summed E-state index contributed by atoms with van der Waals surface area (Å²) in [6.45, 7) is 4.95. The van der Waals surface area contributed by atoms with Crippen LogP contribution in [0.25, 0.3) is 6.08 Å². The minimum atomic E-state index is -0.553. The molecule has 0 aliphatic carbocycles. The van der Waals surface area contributed by atoms with Gasteiger partial charge >= 0.3 is 0 Å². The minimum Gasteiger partial charge on any atom is -0.486 e. The zero-order chi connectivity index (χ0) is 22.2. The second kappa shape index (κ2) is 7.98. The zero-order valence-electron chi connectivity index (χ0n) is 17.6. The molecule has 1 amide bonds. The second-order valence-corrected chi connectivity index (χ2v) is 8.35. The molecule has 160 valence electrons. The number of rotatable bonds is 3. The van der Waals surface area contributed by atoms with Gasteiger partial charge in [0.2, 0.25) is 5.91 Å². The fourth-order valence-corrected chi connectivity index (χ4v) is 4.33. The van der Waals surface area contributed by atoms with Gasteiger partial charge in [-0.15, -0.1) is 0 Å². The molecule has 0 bridgehead atoms. The molecule has 0 saturated carbocycles. The summed E-state index contributed by atoms with van der Waals surface area (Å²) in [6.07, 6.45) is 4.67. The van der Waals surface area contributed by atoms with Crippen molar-refractivity contribution in [2.45, 2.75) is 38.7 Å². The maximum Gasteiger partial charge on any atom is 0.269 e. The van der Waals surface area contributed by atoms with Crippen molar-refractivity contribution >= 4 is 23.5 Å². The number of nitro benzene ring substituents is 1. The maximum absolute atomic E-state index is 12.8. The number of piperidine rings is 1. The highest BCUT2D eigenvalue weighted by Gasteiger charge is 2.44. The van der Waals surface area contributed by atoms with Crippen LogP contribution < -0.4 is 4.74 Å². The third kappa shape index (κ3) is 4.21. The molecule has 0 atom stereocenters. The average Bonchev–Trinajstić information content (AvgIpc) is 2.74. The molecule has 1 saturated heterocycles. The first-order valence-electron chi connectivity index (χ1n) is 10.3. The second-order valence-electron chi connectivity index (χ2n) is 8.35. The molecule has 1 fully saturated rings. The number of ketones is 1. The van der Waals surface area contributed by atoms with Gasteiger partial charge in [-0.2, -0.15) is 0 Å². The van der Waals surface area contributed by atoms with Gasteiger partial charge in [0.25, 0.3) is 5.69 Å². The molecule has 7 heteroatoms. The van der Waals surface area contributed by atoms with Gasteiger partial charge in [0.1, 0.15) is 11.4 Å². The number of carbonyl (C=O) groups excluding carboxylic acids is 2. The Morgan fingerprint density at radius 2 is 1.84 bits per heavy atom. The van der Waals surface area contributed by atoms with Crippen molar-refractivity contribution in [3.05, 3.63) is 74.8 Å². The molecule has 2 aliphatic heterocycles. The Bertz CT molecular complexity index is 1080. The van der Waals surface area contributed by atoms with Crippen molar-refractivity contribution in [2.75, 3.05) is 13.1 Å². The van der Waals surface area contributed by atoms with E-state index in [2.05, 4.69) is 0 Å². The molecule has 0 aromatic heterocycles. The highest BCUT2D eigenvalue weighted by molar-refractivity contribution is 6.01. The van der Waals surface area contributed by atoms with Crippen LogP contribution in [0.1, 0.15) is 46.3 Å². The number of fused-ring (bicyclic) bond motifs is 1. The van der Waals surface area contributed by atoms with Crippen LogP contribution in [-0.2, 0) is 4.79 Å². The highest BCUT2D eigenvalue weighted by atomic mass is 16.6. The maximum atomic E-state index is 12.8. The van der Waals surface area contributed by atoms with Crippen LogP contribution in [0.3, 0.4) is 0 Å². The van der Waals surface area contributed by atoms with Gasteiger partial charge in [-0.05, 0) is 54.8 Å². The first kappa shape index (κ1) is 20.8. The number of Topliss-reactive ketones (excluding diaryl/α,β-unsaturated/α-hetero) is 1. The van der Waals surface area contributed by atoms with Gasteiger partial charge in [-0.1, -0.05) is 6.07 Å². The minimum absolute atomic E-state index is 0.0128. The van der Waals surface area contributed by atoms with Gasteiger partial charge in [0.05, 0.1) is 16.9 Å². The highest BCUT2D eigenvalue weighted by Crippen LogP contribution is 2.41. The number of hydrogen-bond donors (Lipinski definition) is 0. The van der Waals surface area contributed by atoms with Crippen LogP contribution in [-0.4, -0.2) is 40.2 Å². The van der Waals surface area contributed by atoms with Gasteiger partial charge in [-0.25, -0.2) is 0 Å². The molecule has 0 radical (unpaired) electrons. The quantitative estimate of drug-likeness (QED) is 0.421. The molecule has 0 unspecified atom stereocenters. The van der Waals surface area contributed by atoms with Crippen molar-refractivity contribution in [3.8, 4) is 5.75 Å². The number of carbonyl (C=O) groups is 2. The molecular weight excluding hydrogens is 396 g/mol. The van der Waals surface area contributed by atoms with E-state index in [1.165, 1.54) is 18.2 Å².